The number of benzene rings is 2. The van der Waals surface area contributed by atoms with Crippen molar-refractivity contribution in [2.45, 2.75) is 13.0 Å². The lowest BCUT2D eigenvalue weighted by molar-refractivity contribution is -0.117. The third-order valence-electron chi connectivity index (χ3n) is 3.03. The van der Waals surface area contributed by atoms with Gasteiger partial charge in [-0.2, -0.15) is 0 Å². The smallest absolute Gasteiger partial charge is 0.251 e. The van der Waals surface area contributed by atoms with Crippen molar-refractivity contribution in [1.29, 1.82) is 0 Å². The predicted octanol–water partition coefficient (Wildman–Crippen LogP) is 3.38. The average molecular weight is 339 g/mol. The molecule has 23 heavy (non-hydrogen) atoms. The first-order valence-electron chi connectivity index (χ1n) is 6.69. The SMILES string of the molecule is CC(NC(=O)c1ccc(Cl)cc1)C(=O)Nc1ccc(F)c(F)c1. The van der Waals surface area contributed by atoms with Crippen LogP contribution in [0.2, 0.25) is 5.02 Å². The van der Waals surface area contributed by atoms with Gasteiger partial charge in [-0.15, -0.1) is 0 Å². The summed E-state index contributed by atoms with van der Waals surface area (Å²) in [5.41, 5.74) is 0.448. The molecule has 2 rings (SSSR count). The summed E-state index contributed by atoms with van der Waals surface area (Å²) in [4.78, 5) is 23.9. The zero-order valence-corrected chi connectivity index (χ0v) is 12.8. The van der Waals surface area contributed by atoms with Crippen molar-refractivity contribution in [2.75, 3.05) is 5.32 Å². The minimum atomic E-state index is -1.07. The van der Waals surface area contributed by atoms with Crippen LogP contribution in [0.3, 0.4) is 0 Å². The Balaban J connectivity index is 1.97. The number of nitrogens with one attached hydrogen (secondary N) is 2. The van der Waals surface area contributed by atoms with E-state index in [-0.39, 0.29) is 5.69 Å². The van der Waals surface area contributed by atoms with E-state index in [1.165, 1.54) is 25.1 Å². The fourth-order valence-corrected chi connectivity index (χ4v) is 1.90. The molecule has 0 spiro atoms. The van der Waals surface area contributed by atoms with Crippen LogP contribution in [0.15, 0.2) is 42.5 Å². The molecule has 4 nitrogen and oxygen atoms in total. The molecule has 2 aromatic rings. The zero-order valence-electron chi connectivity index (χ0n) is 12.1. The van der Waals surface area contributed by atoms with Crippen LogP contribution in [0.25, 0.3) is 0 Å². The van der Waals surface area contributed by atoms with Gasteiger partial charge in [-0.05, 0) is 43.3 Å². The molecule has 1 unspecified atom stereocenters. The van der Waals surface area contributed by atoms with Gasteiger partial charge in [0.1, 0.15) is 6.04 Å². The van der Waals surface area contributed by atoms with Gasteiger partial charge in [-0.3, -0.25) is 9.59 Å². The number of hydrogen-bond acceptors (Lipinski definition) is 2. The Bertz CT molecular complexity index is 735. The molecule has 120 valence electrons. The Morgan fingerprint density at radius 3 is 2.30 bits per heavy atom. The molecule has 2 aromatic carbocycles. The molecule has 1 atom stereocenters. The summed E-state index contributed by atoms with van der Waals surface area (Å²) < 4.78 is 25.9. The topological polar surface area (TPSA) is 58.2 Å². The van der Waals surface area contributed by atoms with Gasteiger partial charge in [0.2, 0.25) is 5.91 Å². The van der Waals surface area contributed by atoms with E-state index in [0.29, 0.717) is 10.6 Å². The summed E-state index contributed by atoms with van der Waals surface area (Å²) >= 11 is 5.73. The molecule has 0 radical (unpaired) electrons. The van der Waals surface area contributed by atoms with E-state index >= 15 is 0 Å². The van der Waals surface area contributed by atoms with Crippen LogP contribution < -0.4 is 10.6 Å². The maximum atomic E-state index is 13.1. The van der Waals surface area contributed by atoms with Crippen LogP contribution in [0.1, 0.15) is 17.3 Å². The molecular weight excluding hydrogens is 326 g/mol. The second-order valence-corrected chi connectivity index (χ2v) is 5.26. The molecule has 0 fully saturated rings. The van der Waals surface area contributed by atoms with E-state index in [9.17, 15) is 18.4 Å². The zero-order chi connectivity index (χ0) is 17.0. The summed E-state index contributed by atoms with van der Waals surface area (Å²) in [5.74, 6) is -3.08. The predicted molar refractivity (Wildman–Crippen MR) is 83.4 cm³/mol. The summed E-state index contributed by atoms with van der Waals surface area (Å²) in [5, 5.41) is 5.39. The van der Waals surface area contributed by atoms with Crippen LogP contribution in [-0.4, -0.2) is 17.9 Å². The van der Waals surface area contributed by atoms with Gasteiger partial charge in [0.05, 0.1) is 0 Å². The standard InChI is InChI=1S/C16H13ClF2N2O2/c1-9(20-16(23)10-2-4-11(17)5-3-10)15(22)21-12-6-7-13(18)14(19)8-12/h2-9H,1H3,(H,20,23)(H,21,22). The first kappa shape index (κ1) is 16.9. The summed E-state index contributed by atoms with van der Waals surface area (Å²) in [6, 6.07) is 8.29. The summed E-state index contributed by atoms with van der Waals surface area (Å²) in [7, 11) is 0. The van der Waals surface area contributed by atoms with Crippen LogP contribution in [-0.2, 0) is 4.79 Å². The van der Waals surface area contributed by atoms with Crippen LogP contribution >= 0.6 is 11.6 Å². The molecule has 0 heterocycles. The number of carbonyl (C=O) groups is 2. The number of anilines is 1. The Labute approximate surface area is 136 Å². The van der Waals surface area contributed by atoms with Crippen LogP contribution in [0.4, 0.5) is 14.5 Å². The molecule has 0 aliphatic heterocycles. The fraction of sp³-hybridized carbons (Fsp3) is 0.125. The number of rotatable bonds is 4. The maximum absolute atomic E-state index is 13.1. The third kappa shape index (κ3) is 4.50. The van der Waals surface area contributed by atoms with E-state index in [4.69, 9.17) is 11.6 Å². The third-order valence-corrected chi connectivity index (χ3v) is 3.29. The Morgan fingerprint density at radius 1 is 1.04 bits per heavy atom. The molecule has 0 aromatic heterocycles. The lowest BCUT2D eigenvalue weighted by Crippen LogP contribution is -2.41. The fourth-order valence-electron chi connectivity index (χ4n) is 1.77. The van der Waals surface area contributed by atoms with E-state index in [1.807, 2.05) is 0 Å². The molecule has 0 aliphatic carbocycles. The largest absolute Gasteiger partial charge is 0.341 e. The van der Waals surface area contributed by atoms with Gasteiger partial charge in [0.25, 0.3) is 5.91 Å². The number of carbonyl (C=O) groups excluding carboxylic acids is 2. The molecule has 0 saturated heterocycles. The van der Waals surface area contributed by atoms with Crippen molar-refractivity contribution < 1.29 is 18.4 Å². The summed E-state index contributed by atoms with van der Waals surface area (Å²) in [6.07, 6.45) is 0. The highest BCUT2D eigenvalue weighted by Gasteiger charge is 2.17. The Morgan fingerprint density at radius 2 is 1.70 bits per heavy atom. The minimum Gasteiger partial charge on any atom is -0.341 e. The molecular formula is C16H13ClF2N2O2. The van der Waals surface area contributed by atoms with Crippen molar-refractivity contribution in [3.05, 3.63) is 64.7 Å². The highest BCUT2D eigenvalue weighted by Crippen LogP contribution is 2.13. The molecule has 2 N–H and O–H groups in total. The monoisotopic (exact) mass is 338 g/mol. The Kier molecular flexibility index (Phi) is 5.28. The van der Waals surface area contributed by atoms with Crippen LogP contribution in [0, 0.1) is 11.6 Å². The van der Waals surface area contributed by atoms with Gasteiger partial charge in [-0.25, -0.2) is 8.78 Å². The highest BCUT2D eigenvalue weighted by molar-refractivity contribution is 6.30. The molecule has 0 saturated carbocycles. The first-order chi connectivity index (χ1) is 10.9. The maximum Gasteiger partial charge on any atom is 0.251 e. The number of amides is 2. The molecule has 7 heteroatoms. The van der Waals surface area contributed by atoms with Crippen molar-refractivity contribution in [2.24, 2.45) is 0 Å². The Hall–Kier alpha value is -2.47. The van der Waals surface area contributed by atoms with Crippen molar-refractivity contribution in [3.8, 4) is 0 Å². The van der Waals surface area contributed by atoms with Gasteiger partial charge in [-0.1, -0.05) is 11.6 Å². The van der Waals surface area contributed by atoms with Crippen LogP contribution in [0.5, 0.6) is 0 Å². The second-order valence-electron chi connectivity index (χ2n) is 4.82. The van der Waals surface area contributed by atoms with E-state index < -0.39 is 29.5 Å². The van der Waals surface area contributed by atoms with Gasteiger partial charge >= 0.3 is 0 Å². The van der Waals surface area contributed by atoms with E-state index in [0.717, 1.165) is 12.1 Å². The van der Waals surface area contributed by atoms with Crippen molar-refractivity contribution in [3.63, 3.8) is 0 Å². The first-order valence-corrected chi connectivity index (χ1v) is 7.07. The van der Waals surface area contributed by atoms with Crippen molar-refractivity contribution in [1.82, 2.24) is 5.32 Å². The second kappa shape index (κ2) is 7.19. The quantitative estimate of drug-likeness (QED) is 0.898. The van der Waals surface area contributed by atoms with Gasteiger partial charge in [0, 0.05) is 22.3 Å². The number of hydrogen-bond donors (Lipinski definition) is 2. The normalized spacial score (nSPS) is 11.7. The van der Waals surface area contributed by atoms with E-state index in [1.54, 1.807) is 12.1 Å². The molecule has 0 aliphatic rings. The number of halogens is 3. The lowest BCUT2D eigenvalue weighted by atomic mass is 10.2. The molecule has 0 bridgehead atoms. The van der Waals surface area contributed by atoms with Crippen molar-refractivity contribution >= 4 is 29.1 Å². The lowest BCUT2D eigenvalue weighted by Gasteiger charge is -2.14. The van der Waals surface area contributed by atoms with E-state index in [2.05, 4.69) is 10.6 Å². The van der Waals surface area contributed by atoms with Gasteiger partial charge < -0.3 is 10.6 Å². The summed E-state index contributed by atoms with van der Waals surface area (Å²) in [6.45, 7) is 1.48. The highest BCUT2D eigenvalue weighted by atomic mass is 35.5. The minimum absolute atomic E-state index is 0.0986. The molecule has 2 amide bonds. The van der Waals surface area contributed by atoms with Gasteiger partial charge in [0.15, 0.2) is 11.6 Å². The average Bonchev–Trinajstić information content (AvgIpc) is 2.51.